The summed E-state index contributed by atoms with van der Waals surface area (Å²) in [6, 6.07) is -0.915. The lowest BCUT2D eigenvalue weighted by Gasteiger charge is -2.13. The van der Waals surface area contributed by atoms with Crippen molar-refractivity contribution in [3.8, 4) is 0 Å². The first kappa shape index (κ1) is 15.2. The van der Waals surface area contributed by atoms with Gasteiger partial charge in [0.05, 0.1) is 12.7 Å². The van der Waals surface area contributed by atoms with Gasteiger partial charge < -0.3 is 15.6 Å². The molecule has 0 aliphatic heterocycles. The number of aliphatic hydroxyl groups excluding tert-OH is 1. The summed E-state index contributed by atoms with van der Waals surface area (Å²) in [6.45, 7) is 3.85. The minimum absolute atomic E-state index is 0. The van der Waals surface area contributed by atoms with Crippen molar-refractivity contribution in [2.24, 2.45) is 5.73 Å². The molecular weight excluding hydrogens is 194 g/mol. The van der Waals surface area contributed by atoms with Crippen LogP contribution in [0.4, 0.5) is 0 Å². The van der Waals surface area contributed by atoms with Crippen LogP contribution in [0.3, 0.4) is 0 Å². The lowest BCUT2D eigenvalue weighted by atomic mass is 10.2. The molecule has 2 atom stereocenters. The maximum absolute atomic E-state index is 11.0. The molecule has 80 valence electrons. The third-order valence-corrected chi connectivity index (χ3v) is 1.53. The summed E-state index contributed by atoms with van der Waals surface area (Å²) in [7, 11) is 0. The van der Waals surface area contributed by atoms with Crippen molar-refractivity contribution in [1.29, 1.82) is 0 Å². The van der Waals surface area contributed by atoms with Gasteiger partial charge in [0.1, 0.15) is 6.04 Å². The molecule has 4 nitrogen and oxygen atoms in total. The Morgan fingerprint density at radius 2 is 2.15 bits per heavy atom. The van der Waals surface area contributed by atoms with E-state index in [2.05, 4.69) is 0 Å². The Balaban J connectivity index is 0. The highest BCUT2D eigenvalue weighted by atomic mass is 35.5. The largest absolute Gasteiger partial charge is 0.464 e. The average molecular weight is 212 g/mol. The average Bonchev–Trinajstić information content (AvgIpc) is 2.03. The number of hydrogen-bond donors (Lipinski definition) is 2. The Labute approximate surface area is 84.9 Å². The monoisotopic (exact) mass is 211 g/mol. The van der Waals surface area contributed by atoms with Gasteiger partial charge in [-0.2, -0.15) is 0 Å². The van der Waals surface area contributed by atoms with E-state index in [0.29, 0.717) is 6.61 Å². The van der Waals surface area contributed by atoms with Crippen LogP contribution in [-0.2, 0) is 9.53 Å². The molecule has 0 heterocycles. The zero-order valence-electron chi connectivity index (χ0n) is 8.03. The number of aliphatic hydroxyl groups is 1. The SMILES string of the molecule is CCCCOC(=O)C(N)C(C)O.Cl. The number of unbranched alkanes of at least 4 members (excludes halogenated alkanes) is 1. The molecule has 0 aliphatic carbocycles. The highest BCUT2D eigenvalue weighted by Crippen LogP contribution is 1.95. The first-order valence-corrected chi connectivity index (χ1v) is 4.19. The third-order valence-electron chi connectivity index (χ3n) is 1.53. The molecule has 0 saturated carbocycles. The fraction of sp³-hybridized carbons (Fsp3) is 0.875. The molecule has 0 aromatic carbocycles. The number of ether oxygens (including phenoxy) is 1. The molecule has 2 unspecified atom stereocenters. The number of halogens is 1. The molecule has 0 bridgehead atoms. The van der Waals surface area contributed by atoms with E-state index in [1.54, 1.807) is 0 Å². The molecule has 0 fully saturated rings. The Morgan fingerprint density at radius 1 is 1.62 bits per heavy atom. The predicted octanol–water partition coefficient (Wildman–Crippen LogP) is 0.460. The van der Waals surface area contributed by atoms with E-state index in [-0.39, 0.29) is 12.4 Å². The molecule has 0 saturated heterocycles. The lowest BCUT2D eigenvalue weighted by molar-refractivity contribution is -0.147. The molecule has 0 aromatic heterocycles. The summed E-state index contributed by atoms with van der Waals surface area (Å²) in [6.07, 6.45) is 0.953. The lowest BCUT2D eigenvalue weighted by Crippen LogP contribution is -2.41. The van der Waals surface area contributed by atoms with Gasteiger partial charge >= 0.3 is 5.97 Å². The second-order valence-electron chi connectivity index (χ2n) is 2.79. The van der Waals surface area contributed by atoms with E-state index in [4.69, 9.17) is 15.6 Å². The van der Waals surface area contributed by atoms with Crippen LogP contribution in [0.15, 0.2) is 0 Å². The Bertz CT molecular complexity index is 141. The van der Waals surface area contributed by atoms with Gasteiger partial charge in [0.2, 0.25) is 0 Å². The van der Waals surface area contributed by atoms with Gasteiger partial charge in [-0.25, -0.2) is 0 Å². The van der Waals surface area contributed by atoms with Crippen LogP contribution in [0, 0.1) is 0 Å². The second-order valence-corrected chi connectivity index (χ2v) is 2.79. The maximum atomic E-state index is 11.0. The number of rotatable bonds is 5. The van der Waals surface area contributed by atoms with Crippen LogP contribution in [0.2, 0.25) is 0 Å². The van der Waals surface area contributed by atoms with E-state index >= 15 is 0 Å². The van der Waals surface area contributed by atoms with Gasteiger partial charge in [-0.3, -0.25) is 4.79 Å². The van der Waals surface area contributed by atoms with Crippen LogP contribution >= 0.6 is 12.4 Å². The summed E-state index contributed by atoms with van der Waals surface area (Å²) >= 11 is 0. The topological polar surface area (TPSA) is 72.5 Å². The van der Waals surface area contributed by atoms with Crippen molar-refractivity contribution in [3.63, 3.8) is 0 Å². The molecule has 0 aliphatic rings. The van der Waals surface area contributed by atoms with E-state index in [0.717, 1.165) is 12.8 Å². The Kier molecular flexibility index (Phi) is 9.67. The zero-order valence-corrected chi connectivity index (χ0v) is 8.84. The van der Waals surface area contributed by atoms with Crippen molar-refractivity contribution >= 4 is 18.4 Å². The van der Waals surface area contributed by atoms with Gasteiger partial charge in [-0.05, 0) is 13.3 Å². The zero-order chi connectivity index (χ0) is 9.56. The Hall–Kier alpha value is -0.320. The van der Waals surface area contributed by atoms with Crippen molar-refractivity contribution in [1.82, 2.24) is 0 Å². The van der Waals surface area contributed by atoms with Crippen molar-refractivity contribution in [3.05, 3.63) is 0 Å². The highest BCUT2D eigenvalue weighted by molar-refractivity contribution is 5.85. The molecule has 0 rings (SSSR count). The first-order valence-electron chi connectivity index (χ1n) is 4.19. The number of carbonyl (C=O) groups excluding carboxylic acids is 1. The molecule has 0 radical (unpaired) electrons. The minimum atomic E-state index is -0.915. The molecule has 5 heteroatoms. The van der Waals surface area contributed by atoms with E-state index in [1.165, 1.54) is 6.92 Å². The number of hydrogen-bond acceptors (Lipinski definition) is 4. The molecule has 13 heavy (non-hydrogen) atoms. The quantitative estimate of drug-likeness (QED) is 0.512. The van der Waals surface area contributed by atoms with Crippen LogP contribution in [0.5, 0.6) is 0 Å². The fourth-order valence-corrected chi connectivity index (χ4v) is 0.610. The predicted molar refractivity (Wildman–Crippen MR) is 52.8 cm³/mol. The van der Waals surface area contributed by atoms with Crippen LogP contribution in [0.1, 0.15) is 26.7 Å². The molecule has 0 amide bonds. The molecular formula is C8H18ClNO3. The molecule has 0 spiro atoms. The number of nitrogens with two attached hydrogens (primary N) is 1. The van der Waals surface area contributed by atoms with Gasteiger partial charge in [0, 0.05) is 0 Å². The number of esters is 1. The van der Waals surface area contributed by atoms with Crippen molar-refractivity contribution < 1.29 is 14.6 Å². The van der Waals surface area contributed by atoms with Gasteiger partial charge in [0.15, 0.2) is 0 Å². The van der Waals surface area contributed by atoms with Crippen molar-refractivity contribution in [2.75, 3.05) is 6.61 Å². The van der Waals surface area contributed by atoms with Crippen LogP contribution < -0.4 is 5.73 Å². The van der Waals surface area contributed by atoms with Crippen molar-refractivity contribution in [2.45, 2.75) is 38.8 Å². The maximum Gasteiger partial charge on any atom is 0.325 e. The minimum Gasteiger partial charge on any atom is -0.464 e. The van der Waals surface area contributed by atoms with E-state index < -0.39 is 18.1 Å². The summed E-state index contributed by atoms with van der Waals surface area (Å²) in [4.78, 5) is 11.0. The first-order chi connectivity index (χ1) is 5.59. The summed E-state index contributed by atoms with van der Waals surface area (Å²) < 4.78 is 4.78. The third kappa shape index (κ3) is 6.81. The van der Waals surface area contributed by atoms with E-state index in [9.17, 15) is 4.79 Å². The summed E-state index contributed by atoms with van der Waals surface area (Å²) in [5.74, 6) is -0.529. The number of carbonyl (C=O) groups is 1. The molecule has 3 N–H and O–H groups in total. The fourth-order valence-electron chi connectivity index (χ4n) is 0.610. The normalized spacial score (nSPS) is 14.2. The van der Waals surface area contributed by atoms with E-state index in [1.807, 2.05) is 6.92 Å². The van der Waals surface area contributed by atoms with Crippen LogP contribution in [0.25, 0.3) is 0 Å². The van der Waals surface area contributed by atoms with Gasteiger partial charge in [0.25, 0.3) is 0 Å². The second kappa shape index (κ2) is 8.29. The molecule has 0 aromatic rings. The smallest absolute Gasteiger partial charge is 0.325 e. The van der Waals surface area contributed by atoms with Crippen LogP contribution in [-0.4, -0.2) is 29.8 Å². The van der Waals surface area contributed by atoms with Gasteiger partial charge in [-0.15, -0.1) is 12.4 Å². The standard InChI is InChI=1S/C8H17NO3.ClH/c1-3-4-5-12-8(11)7(9)6(2)10;/h6-7,10H,3-5,9H2,1-2H3;1H. The van der Waals surface area contributed by atoms with Gasteiger partial charge in [-0.1, -0.05) is 13.3 Å². The highest BCUT2D eigenvalue weighted by Gasteiger charge is 2.19. The summed E-state index contributed by atoms with van der Waals surface area (Å²) in [5, 5.41) is 8.92. The summed E-state index contributed by atoms with van der Waals surface area (Å²) in [5.41, 5.74) is 5.32. The Morgan fingerprint density at radius 3 is 2.54 bits per heavy atom.